The molecule has 0 aromatic heterocycles. The highest BCUT2D eigenvalue weighted by Crippen LogP contribution is 2.33. The van der Waals surface area contributed by atoms with Gasteiger partial charge in [-0.15, -0.1) is 0 Å². The van der Waals surface area contributed by atoms with Crippen molar-refractivity contribution in [2.24, 2.45) is 5.92 Å². The summed E-state index contributed by atoms with van der Waals surface area (Å²) in [6.45, 7) is 9.83. The van der Waals surface area contributed by atoms with Gasteiger partial charge in [-0.2, -0.15) is 0 Å². The van der Waals surface area contributed by atoms with Gasteiger partial charge in [-0.25, -0.2) is 0 Å². The number of phenolic OH excluding ortho intramolecular Hbond substituents is 1. The number of rotatable bonds is 8. The molecule has 0 heterocycles. The van der Waals surface area contributed by atoms with Crippen LogP contribution in [0.25, 0.3) is 0 Å². The zero-order valence-electron chi connectivity index (χ0n) is 15.5. The quantitative estimate of drug-likeness (QED) is 0.610. The van der Waals surface area contributed by atoms with E-state index in [2.05, 4.69) is 56.9 Å². The van der Waals surface area contributed by atoms with Gasteiger partial charge < -0.3 is 10.0 Å². The van der Waals surface area contributed by atoms with E-state index in [1.165, 1.54) is 42.5 Å². The van der Waals surface area contributed by atoms with E-state index in [0.717, 1.165) is 12.2 Å². The van der Waals surface area contributed by atoms with Crippen molar-refractivity contribution in [1.82, 2.24) is 0 Å². The predicted octanol–water partition coefficient (Wildman–Crippen LogP) is 6.36. The summed E-state index contributed by atoms with van der Waals surface area (Å²) in [4.78, 5) is 2.37. The molecule has 1 atom stereocenters. The molecule has 0 saturated carbocycles. The molecule has 1 unspecified atom stereocenters. The van der Waals surface area contributed by atoms with E-state index < -0.39 is 0 Å². The molecule has 0 amide bonds. The number of phenols is 1. The van der Waals surface area contributed by atoms with Gasteiger partial charge in [0.2, 0.25) is 0 Å². The molecule has 2 rings (SSSR count). The van der Waals surface area contributed by atoms with Crippen LogP contribution in [-0.4, -0.2) is 11.7 Å². The molecule has 0 spiro atoms. The van der Waals surface area contributed by atoms with E-state index in [0.29, 0.717) is 11.7 Å². The Labute approximate surface area is 147 Å². The molecule has 130 valence electrons. The smallest absolute Gasteiger partial charge is 0.117 e. The van der Waals surface area contributed by atoms with Gasteiger partial charge in [0.1, 0.15) is 5.75 Å². The maximum absolute atomic E-state index is 9.93. The van der Waals surface area contributed by atoms with Crippen molar-refractivity contribution in [2.45, 2.75) is 53.4 Å². The van der Waals surface area contributed by atoms with Crippen LogP contribution in [0, 0.1) is 19.8 Å². The lowest BCUT2D eigenvalue weighted by atomic mass is 9.97. The fourth-order valence-electron chi connectivity index (χ4n) is 3.29. The van der Waals surface area contributed by atoms with Gasteiger partial charge in [-0.1, -0.05) is 56.9 Å². The summed E-state index contributed by atoms with van der Waals surface area (Å²) in [6, 6.07) is 14.2. The minimum Gasteiger partial charge on any atom is -0.508 e. The zero-order chi connectivity index (χ0) is 17.5. The molecule has 0 fully saturated rings. The van der Waals surface area contributed by atoms with Crippen LogP contribution in [0.15, 0.2) is 42.5 Å². The molecular formula is C22H31NO. The highest BCUT2D eigenvalue weighted by atomic mass is 16.3. The van der Waals surface area contributed by atoms with Crippen molar-refractivity contribution in [1.29, 1.82) is 0 Å². The second-order valence-corrected chi connectivity index (χ2v) is 6.84. The Bertz CT molecular complexity index is 650. The normalized spacial score (nSPS) is 12.2. The average molecular weight is 325 g/mol. The lowest BCUT2D eigenvalue weighted by Crippen LogP contribution is -2.25. The first kappa shape index (κ1) is 18.4. The SMILES string of the molecule is CCCCC(CC)CN(c1cccc(O)c1)c1ccc(C)cc1C. The lowest BCUT2D eigenvalue weighted by molar-refractivity contribution is 0.457. The average Bonchev–Trinajstić information content (AvgIpc) is 2.56. The predicted molar refractivity (Wildman–Crippen MR) is 104 cm³/mol. The number of nitrogens with zero attached hydrogens (tertiary/aromatic N) is 1. The number of hydrogen-bond acceptors (Lipinski definition) is 2. The third-order valence-corrected chi connectivity index (χ3v) is 4.77. The van der Waals surface area contributed by atoms with Crippen LogP contribution in [0.2, 0.25) is 0 Å². The summed E-state index contributed by atoms with van der Waals surface area (Å²) in [7, 11) is 0. The van der Waals surface area contributed by atoms with E-state index in [1.54, 1.807) is 6.07 Å². The maximum atomic E-state index is 9.93. The Kier molecular flexibility index (Phi) is 6.72. The second kappa shape index (κ2) is 8.77. The van der Waals surface area contributed by atoms with Gasteiger partial charge in [0.25, 0.3) is 0 Å². The summed E-state index contributed by atoms with van der Waals surface area (Å²) in [5.41, 5.74) is 4.87. The molecule has 0 radical (unpaired) electrons. The number of aryl methyl sites for hydroxylation is 2. The molecule has 0 aliphatic carbocycles. The van der Waals surface area contributed by atoms with Gasteiger partial charge in [0.15, 0.2) is 0 Å². The molecule has 2 heteroatoms. The molecule has 0 bridgehead atoms. The van der Waals surface area contributed by atoms with Crippen LogP contribution in [0.3, 0.4) is 0 Å². The molecule has 2 aromatic rings. The minimum absolute atomic E-state index is 0.323. The largest absolute Gasteiger partial charge is 0.508 e. The molecule has 1 N–H and O–H groups in total. The van der Waals surface area contributed by atoms with E-state index in [4.69, 9.17) is 0 Å². The van der Waals surface area contributed by atoms with Crippen molar-refractivity contribution in [3.8, 4) is 5.75 Å². The van der Waals surface area contributed by atoms with Crippen LogP contribution in [0.4, 0.5) is 11.4 Å². The second-order valence-electron chi connectivity index (χ2n) is 6.84. The Hall–Kier alpha value is -1.96. The first-order valence-corrected chi connectivity index (χ1v) is 9.19. The summed E-state index contributed by atoms with van der Waals surface area (Å²) in [6.07, 6.45) is 4.96. The number of anilines is 2. The number of aromatic hydroxyl groups is 1. The van der Waals surface area contributed by atoms with Crippen LogP contribution in [0.1, 0.15) is 50.7 Å². The van der Waals surface area contributed by atoms with E-state index >= 15 is 0 Å². The Balaban J connectivity index is 2.37. The fourth-order valence-corrected chi connectivity index (χ4v) is 3.29. The fraction of sp³-hybridized carbons (Fsp3) is 0.455. The van der Waals surface area contributed by atoms with Crippen LogP contribution < -0.4 is 4.90 Å². The van der Waals surface area contributed by atoms with Gasteiger partial charge in [-0.3, -0.25) is 0 Å². The Morgan fingerprint density at radius 2 is 1.83 bits per heavy atom. The third-order valence-electron chi connectivity index (χ3n) is 4.77. The van der Waals surface area contributed by atoms with Gasteiger partial charge in [0, 0.05) is 24.0 Å². The van der Waals surface area contributed by atoms with Crippen molar-refractivity contribution < 1.29 is 5.11 Å². The highest BCUT2D eigenvalue weighted by molar-refractivity contribution is 5.67. The van der Waals surface area contributed by atoms with Crippen LogP contribution in [-0.2, 0) is 0 Å². The number of benzene rings is 2. The first-order chi connectivity index (χ1) is 11.5. The summed E-state index contributed by atoms with van der Waals surface area (Å²) < 4.78 is 0. The molecule has 0 saturated heterocycles. The Morgan fingerprint density at radius 3 is 2.46 bits per heavy atom. The number of unbranched alkanes of at least 4 members (excludes halogenated alkanes) is 1. The summed E-state index contributed by atoms with van der Waals surface area (Å²) >= 11 is 0. The van der Waals surface area contributed by atoms with Gasteiger partial charge >= 0.3 is 0 Å². The van der Waals surface area contributed by atoms with Crippen molar-refractivity contribution in [2.75, 3.05) is 11.4 Å². The summed E-state index contributed by atoms with van der Waals surface area (Å²) in [5, 5.41) is 9.93. The third kappa shape index (κ3) is 4.77. The lowest BCUT2D eigenvalue weighted by Gasteiger charge is -2.31. The van der Waals surface area contributed by atoms with E-state index in [1.807, 2.05) is 12.1 Å². The first-order valence-electron chi connectivity index (χ1n) is 9.19. The molecular weight excluding hydrogens is 294 g/mol. The topological polar surface area (TPSA) is 23.5 Å². The molecule has 0 aliphatic rings. The van der Waals surface area contributed by atoms with E-state index in [-0.39, 0.29) is 0 Å². The number of hydrogen-bond donors (Lipinski definition) is 1. The Morgan fingerprint density at radius 1 is 1.04 bits per heavy atom. The van der Waals surface area contributed by atoms with Crippen LogP contribution >= 0.6 is 0 Å². The molecule has 24 heavy (non-hydrogen) atoms. The van der Waals surface area contributed by atoms with E-state index in [9.17, 15) is 5.11 Å². The monoisotopic (exact) mass is 325 g/mol. The minimum atomic E-state index is 0.323. The van der Waals surface area contributed by atoms with Gasteiger partial charge in [-0.05, 0) is 49.9 Å². The van der Waals surface area contributed by atoms with Crippen LogP contribution in [0.5, 0.6) is 5.75 Å². The highest BCUT2D eigenvalue weighted by Gasteiger charge is 2.17. The van der Waals surface area contributed by atoms with Crippen molar-refractivity contribution in [3.05, 3.63) is 53.6 Å². The van der Waals surface area contributed by atoms with Crippen molar-refractivity contribution >= 4 is 11.4 Å². The molecule has 0 aliphatic heterocycles. The standard InChI is InChI=1S/C22H31NO/c1-5-7-9-19(6-2)16-23(20-10-8-11-21(24)15-20)22-13-12-17(3)14-18(22)4/h8,10-15,19,24H,5-7,9,16H2,1-4H3. The van der Waals surface area contributed by atoms with Crippen molar-refractivity contribution in [3.63, 3.8) is 0 Å². The van der Waals surface area contributed by atoms with Gasteiger partial charge in [0.05, 0.1) is 0 Å². The molecule has 2 aromatic carbocycles. The molecule has 2 nitrogen and oxygen atoms in total. The maximum Gasteiger partial charge on any atom is 0.117 e. The zero-order valence-corrected chi connectivity index (χ0v) is 15.5. The summed E-state index contributed by atoms with van der Waals surface area (Å²) in [5.74, 6) is 0.983.